The monoisotopic (exact) mass is 487 g/mol. The third-order valence-electron chi connectivity index (χ3n) is 6.09. The zero-order chi connectivity index (χ0) is 24.2. The number of esters is 1. The van der Waals surface area contributed by atoms with Crippen LogP contribution in [0, 0.1) is 5.92 Å². The summed E-state index contributed by atoms with van der Waals surface area (Å²) < 4.78 is 5.48. The average molecular weight is 488 g/mol. The Morgan fingerprint density at radius 2 is 1.51 bits per heavy atom. The van der Waals surface area contributed by atoms with Crippen molar-refractivity contribution in [2.24, 2.45) is 5.92 Å². The van der Waals surface area contributed by atoms with E-state index in [1.165, 1.54) is 0 Å². The molecule has 35 heavy (non-hydrogen) atoms. The Balaban J connectivity index is 1.22. The second kappa shape index (κ2) is 10.2. The van der Waals surface area contributed by atoms with Gasteiger partial charge in [-0.05, 0) is 49.2 Å². The highest BCUT2D eigenvalue weighted by atomic mass is 32.2. The molecule has 1 N–H and O–H groups in total. The fraction of sp³-hybridized carbons (Fsp3) is 0.222. The average Bonchev–Trinajstić information content (AvgIpc) is 2.90. The van der Waals surface area contributed by atoms with Crippen LogP contribution < -0.4 is 10.2 Å². The number of hydrogen-bond acceptors (Lipinski definition) is 5. The summed E-state index contributed by atoms with van der Waals surface area (Å²) >= 11 is 1.61. The highest BCUT2D eigenvalue weighted by Crippen LogP contribution is 2.47. The van der Waals surface area contributed by atoms with Crippen molar-refractivity contribution in [2.45, 2.75) is 22.6 Å². The maximum Gasteiger partial charge on any atom is 0.321 e. The molecule has 2 aliphatic rings. The number of hydrogen-bond donors (Lipinski definition) is 1. The number of ether oxygens (including phenoxy) is 1. The number of carbonyl (C=O) groups excluding carboxylic acids is 3. The molecular weight excluding hydrogens is 462 g/mol. The molecule has 8 heteroatoms. The zero-order valence-electron chi connectivity index (χ0n) is 19.1. The molecular formula is C27H25N3O4S. The Kier molecular flexibility index (Phi) is 6.72. The van der Waals surface area contributed by atoms with Crippen molar-refractivity contribution in [2.75, 3.05) is 29.9 Å². The lowest BCUT2D eigenvalue weighted by molar-refractivity contribution is -0.153. The fourth-order valence-corrected chi connectivity index (χ4v) is 5.42. The molecule has 0 aliphatic carbocycles. The Morgan fingerprint density at radius 3 is 2.20 bits per heavy atom. The van der Waals surface area contributed by atoms with E-state index in [0.29, 0.717) is 25.1 Å². The van der Waals surface area contributed by atoms with Crippen molar-refractivity contribution in [1.82, 2.24) is 4.90 Å². The van der Waals surface area contributed by atoms with Gasteiger partial charge in [-0.3, -0.25) is 14.5 Å². The topological polar surface area (TPSA) is 79.0 Å². The second-order valence-electron chi connectivity index (χ2n) is 8.46. The van der Waals surface area contributed by atoms with Crippen LogP contribution in [0.15, 0.2) is 88.7 Å². The normalized spacial score (nSPS) is 16.6. The van der Waals surface area contributed by atoms with Gasteiger partial charge in [-0.1, -0.05) is 54.2 Å². The predicted molar refractivity (Wildman–Crippen MR) is 135 cm³/mol. The zero-order valence-corrected chi connectivity index (χ0v) is 19.9. The summed E-state index contributed by atoms with van der Waals surface area (Å²) in [6.07, 6.45) is 1.31. The van der Waals surface area contributed by atoms with Crippen LogP contribution in [0.3, 0.4) is 0 Å². The van der Waals surface area contributed by atoms with Crippen LogP contribution in [0.5, 0.6) is 0 Å². The van der Waals surface area contributed by atoms with Crippen molar-refractivity contribution in [3.63, 3.8) is 0 Å². The smallest absolute Gasteiger partial charge is 0.321 e. The number of amides is 3. The van der Waals surface area contributed by atoms with Gasteiger partial charge < -0.3 is 15.0 Å². The lowest BCUT2D eigenvalue weighted by Gasteiger charge is -2.32. The number of carbonyl (C=O) groups is 3. The van der Waals surface area contributed by atoms with Crippen molar-refractivity contribution >= 4 is 46.7 Å². The number of piperidine rings is 1. The number of fused-ring (bicyclic) bond motifs is 2. The molecule has 1 saturated heterocycles. The summed E-state index contributed by atoms with van der Waals surface area (Å²) in [6, 6.07) is 24.3. The Bertz CT molecular complexity index is 1200. The van der Waals surface area contributed by atoms with E-state index in [2.05, 4.69) is 5.32 Å². The number of nitrogens with one attached hydrogen (secondary N) is 1. The number of nitrogens with zero attached hydrogens (tertiary/aromatic N) is 2. The van der Waals surface area contributed by atoms with Crippen molar-refractivity contribution in [1.29, 1.82) is 0 Å². The second-order valence-corrected chi connectivity index (χ2v) is 9.54. The number of anilines is 3. The van der Waals surface area contributed by atoms with E-state index in [4.69, 9.17) is 4.74 Å². The number of para-hydroxylation sites is 3. The largest absolute Gasteiger partial charge is 0.455 e. The van der Waals surface area contributed by atoms with E-state index >= 15 is 0 Å². The highest BCUT2D eigenvalue weighted by molar-refractivity contribution is 7.99. The summed E-state index contributed by atoms with van der Waals surface area (Å²) in [5.74, 6) is -1.23. The molecule has 2 heterocycles. The molecule has 1 unspecified atom stereocenters. The van der Waals surface area contributed by atoms with Gasteiger partial charge in [0.2, 0.25) is 0 Å². The van der Waals surface area contributed by atoms with Gasteiger partial charge >= 0.3 is 12.0 Å². The first kappa shape index (κ1) is 23.0. The molecule has 2 aliphatic heterocycles. The summed E-state index contributed by atoms with van der Waals surface area (Å²) in [5.41, 5.74) is 2.26. The van der Waals surface area contributed by atoms with Crippen LogP contribution in [0.25, 0.3) is 0 Å². The van der Waals surface area contributed by atoms with E-state index in [1.807, 2.05) is 78.9 Å². The van der Waals surface area contributed by atoms with Crippen molar-refractivity contribution in [3.05, 3.63) is 78.9 Å². The molecule has 3 aromatic carbocycles. The molecule has 0 bridgehead atoms. The van der Waals surface area contributed by atoms with E-state index < -0.39 is 11.9 Å². The summed E-state index contributed by atoms with van der Waals surface area (Å²) in [5, 5.41) is 2.86. The van der Waals surface area contributed by atoms with Gasteiger partial charge in [0.1, 0.15) is 0 Å². The SMILES string of the molecule is O=C(OCC(=O)N1c2ccccc2Sc2ccccc21)C1CCCN(C(=O)Nc2ccccc2)C1. The minimum absolute atomic E-state index is 0.246. The first-order valence-corrected chi connectivity index (χ1v) is 12.4. The minimum Gasteiger partial charge on any atom is -0.455 e. The standard InChI is InChI=1S/C27H25N3O4S/c31-25(30-21-12-4-6-14-23(21)35-24-15-7-5-13-22(24)30)18-34-26(32)19-9-8-16-29(17-19)27(33)28-20-10-2-1-3-11-20/h1-7,10-15,19H,8-9,16-18H2,(H,28,33). The molecule has 3 amide bonds. The quantitative estimate of drug-likeness (QED) is 0.505. The maximum absolute atomic E-state index is 13.3. The van der Waals surface area contributed by atoms with Crippen LogP contribution >= 0.6 is 11.8 Å². The summed E-state index contributed by atoms with van der Waals surface area (Å²) in [7, 11) is 0. The lowest BCUT2D eigenvalue weighted by Crippen LogP contribution is -2.45. The van der Waals surface area contributed by atoms with Crippen LogP contribution in [-0.4, -0.2) is 42.5 Å². The number of urea groups is 1. The Hall–Kier alpha value is -3.78. The molecule has 0 saturated carbocycles. The molecule has 0 spiro atoms. The predicted octanol–water partition coefficient (Wildman–Crippen LogP) is 5.30. The van der Waals surface area contributed by atoms with E-state index in [-0.39, 0.29) is 25.1 Å². The molecule has 0 radical (unpaired) electrons. The molecule has 7 nitrogen and oxygen atoms in total. The van der Waals surface area contributed by atoms with Gasteiger partial charge in [-0.25, -0.2) is 4.79 Å². The summed E-state index contributed by atoms with van der Waals surface area (Å²) in [4.78, 5) is 43.9. The van der Waals surface area contributed by atoms with Crippen molar-refractivity contribution < 1.29 is 19.1 Å². The number of likely N-dealkylation sites (tertiary alicyclic amines) is 1. The van der Waals surface area contributed by atoms with Gasteiger partial charge in [0.05, 0.1) is 17.3 Å². The Morgan fingerprint density at radius 1 is 0.886 bits per heavy atom. The van der Waals surface area contributed by atoms with Crippen LogP contribution in [0.1, 0.15) is 12.8 Å². The summed E-state index contributed by atoms with van der Waals surface area (Å²) in [6.45, 7) is 0.469. The number of benzene rings is 3. The lowest BCUT2D eigenvalue weighted by atomic mass is 9.98. The van der Waals surface area contributed by atoms with Crippen molar-refractivity contribution in [3.8, 4) is 0 Å². The Labute approximate surface area is 208 Å². The van der Waals surface area contributed by atoms with Gasteiger partial charge in [-0.15, -0.1) is 0 Å². The van der Waals surface area contributed by atoms with Crippen LogP contribution in [0.4, 0.5) is 21.9 Å². The molecule has 178 valence electrons. The van der Waals surface area contributed by atoms with E-state index in [1.54, 1.807) is 21.6 Å². The van der Waals surface area contributed by atoms with Gasteiger partial charge in [0, 0.05) is 28.6 Å². The minimum atomic E-state index is -0.463. The van der Waals surface area contributed by atoms with Gasteiger partial charge in [0.25, 0.3) is 5.91 Å². The third-order valence-corrected chi connectivity index (χ3v) is 7.22. The molecule has 0 aromatic heterocycles. The van der Waals surface area contributed by atoms with Gasteiger partial charge in [-0.2, -0.15) is 0 Å². The first-order chi connectivity index (χ1) is 17.1. The fourth-order valence-electron chi connectivity index (χ4n) is 4.37. The molecule has 1 fully saturated rings. The van der Waals surface area contributed by atoms with Crippen LogP contribution in [0.2, 0.25) is 0 Å². The van der Waals surface area contributed by atoms with E-state index in [0.717, 1.165) is 21.2 Å². The van der Waals surface area contributed by atoms with E-state index in [9.17, 15) is 14.4 Å². The first-order valence-electron chi connectivity index (χ1n) is 11.6. The number of rotatable bonds is 4. The van der Waals surface area contributed by atoms with Gasteiger partial charge in [0.15, 0.2) is 6.61 Å². The third kappa shape index (κ3) is 5.02. The highest BCUT2D eigenvalue weighted by Gasteiger charge is 2.32. The maximum atomic E-state index is 13.3. The van der Waals surface area contributed by atoms with Crippen LogP contribution in [-0.2, 0) is 14.3 Å². The molecule has 3 aromatic rings. The molecule has 5 rings (SSSR count). The molecule has 1 atom stereocenters.